The third kappa shape index (κ3) is 3.20. The van der Waals surface area contributed by atoms with E-state index < -0.39 is 11.7 Å². The molecule has 0 aliphatic rings. The van der Waals surface area contributed by atoms with Gasteiger partial charge in [0.15, 0.2) is 0 Å². The van der Waals surface area contributed by atoms with Gasteiger partial charge in [-0.25, -0.2) is 4.39 Å². The minimum absolute atomic E-state index is 0.201. The summed E-state index contributed by atoms with van der Waals surface area (Å²) >= 11 is 0. The Bertz CT molecular complexity index is 639. The van der Waals surface area contributed by atoms with Gasteiger partial charge in [-0.1, -0.05) is 6.07 Å². The molecular weight excluding hydrogens is 259 g/mol. The van der Waals surface area contributed by atoms with E-state index in [4.69, 9.17) is 0 Å². The smallest absolute Gasteiger partial charge is 0.255 e. The summed E-state index contributed by atoms with van der Waals surface area (Å²) < 4.78 is 13.0. The van der Waals surface area contributed by atoms with Crippen LogP contribution in [0, 0.1) is 5.82 Å². The molecule has 5 heteroatoms. The Balaban J connectivity index is 2.10. The van der Waals surface area contributed by atoms with Gasteiger partial charge in [0.25, 0.3) is 11.8 Å². The van der Waals surface area contributed by atoms with Crippen LogP contribution in [-0.2, 0) is 0 Å². The summed E-state index contributed by atoms with van der Waals surface area (Å²) in [5.41, 5.74) is 1.27. The second-order valence-corrected chi connectivity index (χ2v) is 4.12. The third-order valence-electron chi connectivity index (χ3n) is 2.72. The van der Waals surface area contributed by atoms with E-state index in [0.717, 1.165) is 6.07 Å². The maximum atomic E-state index is 13.0. The SMILES string of the molecule is CNC(=O)c1ccc(NC(=O)c2cccc(F)c2)cc1. The van der Waals surface area contributed by atoms with Crippen molar-refractivity contribution >= 4 is 17.5 Å². The van der Waals surface area contributed by atoms with Gasteiger partial charge in [0.2, 0.25) is 0 Å². The molecule has 0 aliphatic carbocycles. The summed E-state index contributed by atoms with van der Waals surface area (Å²) in [4.78, 5) is 23.2. The van der Waals surface area contributed by atoms with E-state index in [1.54, 1.807) is 31.3 Å². The Hall–Kier alpha value is -2.69. The highest BCUT2D eigenvalue weighted by molar-refractivity contribution is 6.04. The van der Waals surface area contributed by atoms with Crippen LogP contribution in [0.15, 0.2) is 48.5 Å². The molecule has 0 saturated heterocycles. The molecule has 0 atom stereocenters. The van der Waals surface area contributed by atoms with Gasteiger partial charge in [-0.2, -0.15) is 0 Å². The fourth-order valence-electron chi connectivity index (χ4n) is 1.68. The van der Waals surface area contributed by atoms with Crippen molar-refractivity contribution in [3.63, 3.8) is 0 Å². The maximum Gasteiger partial charge on any atom is 0.255 e. The van der Waals surface area contributed by atoms with Gasteiger partial charge in [-0.05, 0) is 42.5 Å². The molecule has 2 N–H and O–H groups in total. The number of amides is 2. The van der Waals surface area contributed by atoms with Gasteiger partial charge in [0.1, 0.15) is 5.82 Å². The van der Waals surface area contributed by atoms with Crippen molar-refractivity contribution in [3.8, 4) is 0 Å². The number of anilines is 1. The van der Waals surface area contributed by atoms with Crippen molar-refractivity contribution in [2.24, 2.45) is 0 Å². The van der Waals surface area contributed by atoms with Gasteiger partial charge in [0.05, 0.1) is 0 Å². The van der Waals surface area contributed by atoms with Crippen molar-refractivity contribution in [2.75, 3.05) is 12.4 Å². The number of halogens is 1. The lowest BCUT2D eigenvalue weighted by Crippen LogP contribution is -2.17. The third-order valence-corrected chi connectivity index (χ3v) is 2.72. The van der Waals surface area contributed by atoms with Gasteiger partial charge in [-0.15, -0.1) is 0 Å². The molecule has 2 aromatic carbocycles. The van der Waals surface area contributed by atoms with E-state index in [0.29, 0.717) is 11.3 Å². The number of hydrogen-bond donors (Lipinski definition) is 2. The molecule has 2 amide bonds. The topological polar surface area (TPSA) is 58.2 Å². The summed E-state index contributed by atoms with van der Waals surface area (Å²) in [5.74, 6) is -1.07. The first kappa shape index (κ1) is 13.7. The first-order valence-corrected chi connectivity index (χ1v) is 5.99. The summed E-state index contributed by atoms with van der Waals surface area (Å²) in [5, 5.41) is 5.14. The van der Waals surface area contributed by atoms with Crippen molar-refractivity contribution < 1.29 is 14.0 Å². The highest BCUT2D eigenvalue weighted by atomic mass is 19.1. The number of hydrogen-bond acceptors (Lipinski definition) is 2. The van der Waals surface area contributed by atoms with Crippen LogP contribution < -0.4 is 10.6 Å². The quantitative estimate of drug-likeness (QED) is 0.901. The Morgan fingerprint density at radius 1 is 0.950 bits per heavy atom. The van der Waals surface area contributed by atoms with Crippen LogP contribution in [0.4, 0.5) is 10.1 Å². The normalized spacial score (nSPS) is 9.90. The van der Waals surface area contributed by atoms with Gasteiger partial charge >= 0.3 is 0 Å². The zero-order chi connectivity index (χ0) is 14.5. The van der Waals surface area contributed by atoms with Crippen LogP contribution in [0.25, 0.3) is 0 Å². The standard InChI is InChI=1S/C15H13FN2O2/c1-17-14(19)10-5-7-13(8-6-10)18-15(20)11-3-2-4-12(16)9-11/h2-9H,1H3,(H,17,19)(H,18,20). The molecule has 0 radical (unpaired) electrons. The van der Waals surface area contributed by atoms with Crippen LogP contribution in [0.3, 0.4) is 0 Å². The van der Waals surface area contributed by atoms with Gasteiger partial charge in [-0.3, -0.25) is 9.59 Å². The molecule has 0 fully saturated rings. The predicted molar refractivity (Wildman–Crippen MR) is 74.2 cm³/mol. The van der Waals surface area contributed by atoms with Crippen LogP contribution in [0.1, 0.15) is 20.7 Å². The number of rotatable bonds is 3. The molecule has 20 heavy (non-hydrogen) atoms. The Kier molecular flexibility index (Phi) is 4.10. The summed E-state index contributed by atoms with van der Waals surface area (Å²) in [6, 6.07) is 11.9. The van der Waals surface area contributed by atoms with E-state index in [1.165, 1.54) is 18.2 Å². The monoisotopic (exact) mass is 272 g/mol. The zero-order valence-electron chi connectivity index (χ0n) is 10.8. The first-order chi connectivity index (χ1) is 9.60. The molecule has 0 bridgehead atoms. The lowest BCUT2D eigenvalue weighted by atomic mass is 10.1. The highest BCUT2D eigenvalue weighted by Crippen LogP contribution is 2.12. The van der Waals surface area contributed by atoms with Crippen molar-refractivity contribution in [2.45, 2.75) is 0 Å². The number of benzene rings is 2. The predicted octanol–water partition coefficient (Wildman–Crippen LogP) is 2.44. The molecule has 0 spiro atoms. The minimum Gasteiger partial charge on any atom is -0.355 e. The Morgan fingerprint density at radius 3 is 2.25 bits per heavy atom. The molecule has 2 aromatic rings. The summed E-state index contributed by atoms with van der Waals surface area (Å²) in [7, 11) is 1.54. The summed E-state index contributed by atoms with van der Waals surface area (Å²) in [6.07, 6.45) is 0. The molecule has 0 unspecified atom stereocenters. The van der Waals surface area contributed by atoms with Crippen LogP contribution in [0.2, 0.25) is 0 Å². The molecule has 4 nitrogen and oxygen atoms in total. The maximum absolute atomic E-state index is 13.0. The Morgan fingerprint density at radius 2 is 1.65 bits per heavy atom. The van der Waals surface area contributed by atoms with Crippen molar-refractivity contribution in [1.82, 2.24) is 5.32 Å². The van der Waals surface area contributed by atoms with E-state index in [-0.39, 0.29) is 11.5 Å². The number of carbonyl (C=O) groups excluding carboxylic acids is 2. The number of nitrogens with one attached hydrogen (secondary N) is 2. The fourth-order valence-corrected chi connectivity index (χ4v) is 1.68. The van der Waals surface area contributed by atoms with Gasteiger partial charge in [0, 0.05) is 23.9 Å². The number of carbonyl (C=O) groups is 2. The molecule has 0 aliphatic heterocycles. The minimum atomic E-state index is -0.465. The summed E-state index contributed by atoms with van der Waals surface area (Å²) in [6.45, 7) is 0. The zero-order valence-corrected chi connectivity index (χ0v) is 10.8. The first-order valence-electron chi connectivity index (χ1n) is 5.99. The molecule has 102 valence electrons. The average Bonchev–Trinajstić information content (AvgIpc) is 2.47. The lowest BCUT2D eigenvalue weighted by molar-refractivity contribution is 0.0962. The van der Waals surface area contributed by atoms with E-state index >= 15 is 0 Å². The molecule has 0 aromatic heterocycles. The fraction of sp³-hybridized carbons (Fsp3) is 0.0667. The van der Waals surface area contributed by atoms with Crippen LogP contribution >= 0.6 is 0 Å². The molecule has 0 saturated carbocycles. The molecular formula is C15H13FN2O2. The van der Waals surface area contributed by atoms with Crippen molar-refractivity contribution in [3.05, 3.63) is 65.5 Å². The Labute approximate surface area is 115 Å². The van der Waals surface area contributed by atoms with E-state index in [9.17, 15) is 14.0 Å². The van der Waals surface area contributed by atoms with E-state index in [2.05, 4.69) is 10.6 Å². The second kappa shape index (κ2) is 5.97. The van der Waals surface area contributed by atoms with Gasteiger partial charge < -0.3 is 10.6 Å². The molecule has 2 rings (SSSR count). The average molecular weight is 272 g/mol. The van der Waals surface area contributed by atoms with E-state index in [1.807, 2.05) is 0 Å². The second-order valence-electron chi connectivity index (χ2n) is 4.12. The highest BCUT2D eigenvalue weighted by Gasteiger charge is 2.08. The van der Waals surface area contributed by atoms with Crippen LogP contribution in [-0.4, -0.2) is 18.9 Å². The lowest BCUT2D eigenvalue weighted by Gasteiger charge is -2.06. The van der Waals surface area contributed by atoms with Crippen molar-refractivity contribution in [1.29, 1.82) is 0 Å². The molecule has 0 heterocycles. The van der Waals surface area contributed by atoms with Crippen LogP contribution in [0.5, 0.6) is 0 Å². The largest absolute Gasteiger partial charge is 0.355 e.